The summed E-state index contributed by atoms with van der Waals surface area (Å²) >= 11 is 5.75. The summed E-state index contributed by atoms with van der Waals surface area (Å²) in [6, 6.07) is 4.45. The second kappa shape index (κ2) is 7.15. The molecule has 6 N–H and O–H groups in total. The van der Waals surface area contributed by atoms with Gasteiger partial charge in [-0.25, -0.2) is 9.18 Å². The molecule has 146 valence electrons. The minimum absolute atomic E-state index is 0.0205. The first-order chi connectivity index (χ1) is 12.7. The Kier molecular flexibility index (Phi) is 5.21. The normalized spacial score (nSPS) is 33.6. The summed E-state index contributed by atoms with van der Waals surface area (Å²) in [5.74, 6) is -2.12. The van der Waals surface area contributed by atoms with Crippen molar-refractivity contribution in [2.24, 2.45) is 5.73 Å². The Morgan fingerprint density at radius 3 is 2.52 bits per heavy atom. The van der Waals surface area contributed by atoms with Gasteiger partial charge in [0.2, 0.25) is 11.4 Å². The Labute approximate surface area is 157 Å². The maximum Gasteiger partial charge on any atom is 0.325 e. The van der Waals surface area contributed by atoms with Crippen LogP contribution in [0.15, 0.2) is 36.3 Å². The second-order valence-electron chi connectivity index (χ2n) is 6.19. The van der Waals surface area contributed by atoms with Crippen LogP contribution in [0.3, 0.4) is 0 Å². The number of rotatable bonds is 4. The molecule has 1 fully saturated rings. The third-order valence-electron chi connectivity index (χ3n) is 4.42. The van der Waals surface area contributed by atoms with Gasteiger partial charge in [0.1, 0.15) is 18.3 Å². The Balaban J connectivity index is 1.88. The number of ether oxygens (including phenoxy) is 1. The summed E-state index contributed by atoms with van der Waals surface area (Å²) < 4.78 is 19.9. The molecule has 0 aliphatic carbocycles. The quantitative estimate of drug-likeness (QED) is 0.426. The molecule has 0 saturated carbocycles. The van der Waals surface area contributed by atoms with Gasteiger partial charge < -0.3 is 25.4 Å². The van der Waals surface area contributed by atoms with E-state index in [4.69, 9.17) is 27.2 Å². The molecule has 11 heteroatoms. The molecule has 5 atom stereocenters. The highest BCUT2D eigenvalue weighted by molar-refractivity contribution is 6.30. The number of urea groups is 1. The SMILES string of the molecule is NC1(C(=O)c2ccc(Cl)cc2)NC(=O)N([C@@H]2O[C@H](CO)[C@@H](O)[C@H]2O)C=C1F. The highest BCUT2D eigenvalue weighted by Gasteiger charge is 2.51. The molecular weight excluding hydrogens is 385 g/mol. The van der Waals surface area contributed by atoms with Crippen molar-refractivity contribution in [3.8, 4) is 0 Å². The van der Waals surface area contributed by atoms with Gasteiger partial charge in [0.05, 0.1) is 6.61 Å². The molecule has 1 saturated heterocycles. The number of carbonyl (C=O) groups excluding carboxylic acids is 2. The summed E-state index contributed by atoms with van der Waals surface area (Å²) in [6.07, 6.45) is -5.10. The Hall–Kier alpha value is -2.08. The number of benzene rings is 1. The van der Waals surface area contributed by atoms with Crippen LogP contribution in [0.4, 0.5) is 9.18 Å². The molecule has 3 rings (SSSR count). The first kappa shape index (κ1) is 19.7. The molecule has 2 heterocycles. The Morgan fingerprint density at radius 2 is 1.96 bits per heavy atom. The number of Topliss-reactive ketones (excluding diaryl/α,β-unsaturated/α-hetero) is 1. The van der Waals surface area contributed by atoms with Crippen LogP contribution in [0, 0.1) is 0 Å². The second-order valence-corrected chi connectivity index (χ2v) is 6.62. The lowest BCUT2D eigenvalue weighted by Gasteiger charge is -2.37. The number of aliphatic hydroxyl groups excluding tert-OH is 3. The lowest BCUT2D eigenvalue weighted by Crippen LogP contribution is -2.68. The summed E-state index contributed by atoms with van der Waals surface area (Å²) in [5, 5.41) is 31.3. The smallest absolute Gasteiger partial charge is 0.325 e. The van der Waals surface area contributed by atoms with Crippen molar-refractivity contribution in [1.82, 2.24) is 10.2 Å². The fraction of sp³-hybridized carbons (Fsp3) is 0.375. The number of halogens is 2. The molecule has 27 heavy (non-hydrogen) atoms. The van der Waals surface area contributed by atoms with E-state index in [0.29, 0.717) is 16.1 Å². The number of nitrogens with one attached hydrogen (secondary N) is 1. The minimum Gasteiger partial charge on any atom is -0.394 e. The van der Waals surface area contributed by atoms with Gasteiger partial charge in [0.15, 0.2) is 12.1 Å². The van der Waals surface area contributed by atoms with Crippen molar-refractivity contribution >= 4 is 23.4 Å². The molecule has 0 radical (unpaired) electrons. The maximum atomic E-state index is 14.7. The van der Waals surface area contributed by atoms with Crippen LogP contribution in [0.25, 0.3) is 0 Å². The standard InChI is InChI=1S/C16H17ClFN3O6/c17-8-3-1-7(2-4-8)13(25)16(19)10(18)5-21(15(26)20-16)14-12(24)11(23)9(6-22)27-14/h1-5,9,11-12,14,22-24H,6,19H2,(H,20,26)/t9-,11-,12-,14-,16?/m1/s1. The van der Waals surface area contributed by atoms with Gasteiger partial charge in [-0.3, -0.25) is 15.4 Å². The van der Waals surface area contributed by atoms with Gasteiger partial charge in [0, 0.05) is 16.8 Å². The zero-order valence-corrected chi connectivity index (χ0v) is 14.5. The van der Waals surface area contributed by atoms with Crippen LogP contribution < -0.4 is 11.1 Å². The average Bonchev–Trinajstić information content (AvgIpc) is 2.93. The summed E-state index contributed by atoms with van der Waals surface area (Å²) in [7, 11) is 0. The van der Waals surface area contributed by atoms with Crippen LogP contribution >= 0.6 is 11.6 Å². The van der Waals surface area contributed by atoms with E-state index in [0.717, 1.165) is 0 Å². The van der Waals surface area contributed by atoms with Crippen molar-refractivity contribution in [3.05, 3.63) is 46.9 Å². The molecular formula is C16H17ClFN3O6. The lowest BCUT2D eigenvalue weighted by molar-refractivity contribution is -0.0679. The van der Waals surface area contributed by atoms with Gasteiger partial charge >= 0.3 is 6.03 Å². The maximum absolute atomic E-state index is 14.7. The topological polar surface area (TPSA) is 145 Å². The fourth-order valence-electron chi connectivity index (χ4n) is 2.87. The van der Waals surface area contributed by atoms with Crippen molar-refractivity contribution < 1.29 is 34.0 Å². The monoisotopic (exact) mass is 401 g/mol. The number of nitrogens with two attached hydrogens (primary N) is 1. The highest BCUT2D eigenvalue weighted by Crippen LogP contribution is 2.30. The van der Waals surface area contributed by atoms with Crippen LogP contribution in [-0.4, -0.2) is 68.8 Å². The highest BCUT2D eigenvalue weighted by atomic mass is 35.5. The van der Waals surface area contributed by atoms with Crippen LogP contribution in [0.2, 0.25) is 5.02 Å². The molecule has 0 spiro atoms. The number of ketones is 1. The molecule has 1 aromatic carbocycles. The first-order valence-electron chi connectivity index (χ1n) is 7.89. The zero-order valence-electron chi connectivity index (χ0n) is 13.8. The van der Waals surface area contributed by atoms with Gasteiger partial charge in [-0.15, -0.1) is 0 Å². The van der Waals surface area contributed by atoms with Gasteiger partial charge in [0.25, 0.3) is 0 Å². The fourth-order valence-corrected chi connectivity index (χ4v) is 2.99. The van der Waals surface area contributed by atoms with E-state index < -0.39 is 54.5 Å². The lowest BCUT2D eigenvalue weighted by atomic mass is 9.96. The van der Waals surface area contributed by atoms with E-state index in [-0.39, 0.29) is 5.56 Å². The van der Waals surface area contributed by atoms with Crippen LogP contribution in [0.1, 0.15) is 10.4 Å². The van der Waals surface area contributed by atoms with Crippen LogP contribution in [0.5, 0.6) is 0 Å². The molecule has 2 aliphatic heterocycles. The number of hydrogen-bond acceptors (Lipinski definition) is 7. The average molecular weight is 402 g/mol. The van der Waals surface area contributed by atoms with Crippen molar-refractivity contribution in [2.75, 3.05) is 6.61 Å². The van der Waals surface area contributed by atoms with E-state index >= 15 is 0 Å². The van der Waals surface area contributed by atoms with E-state index in [1.165, 1.54) is 24.3 Å². The summed E-state index contributed by atoms with van der Waals surface area (Å²) in [4.78, 5) is 25.6. The summed E-state index contributed by atoms with van der Waals surface area (Å²) in [5.41, 5.74) is 3.37. The van der Waals surface area contributed by atoms with E-state index in [2.05, 4.69) is 5.32 Å². The van der Waals surface area contributed by atoms with Gasteiger partial charge in [-0.1, -0.05) is 11.6 Å². The Morgan fingerprint density at radius 1 is 1.33 bits per heavy atom. The first-order valence-corrected chi connectivity index (χ1v) is 8.27. The van der Waals surface area contributed by atoms with Crippen LogP contribution in [-0.2, 0) is 4.74 Å². The molecule has 0 bridgehead atoms. The van der Waals surface area contributed by atoms with Crippen molar-refractivity contribution in [2.45, 2.75) is 30.2 Å². The number of nitrogens with zero attached hydrogens (tertiary/aromatic N) is 1. The molecule has 1 unspecified atom stereocenters. The third-order valence-corrected chi connectivity index (χ3v) is 4.68. The summed E-state index contributed by atoms with van der Waals surface area (Å²) in [6.45, 7) is -0.619. The number of aliphatic hydroxyl groups is 3. The largest absolute Gasteiger partial charge is 0.394 e. The van der Waals surface area contributed by atoms with Gasteiger partial charge in [-0.2, -0.15) is 0 Å². The van der Waals surface area contributed by atoms with E-state index in [1.54, 1.807) is 0 Å². The third kappa shape index (κ3) is 3.31. The van der Waals surface area contributed by atoms with Gasteiger partial charge in [-0.05, 0) is 24.3 Å². The predicted molar refractivity (Wildman–Crippen MR) is 90.0 cm³/mol. The van der Waals surface area contributed by atoms with Crippen molar-refractivity contribution in [1.29, 1.82) is 0 Å². The van der Waals surface area contributed by atoms with E-state index in [1.807, 2.05) is 0 Å². The molecule has 9 nitrogen and oxygen atoms in total. The van der Waals surface area contributed by atoms with Crippen molar-refractivity contribution in [3.63, 3.8) is 0 Å². The molecule has 1 aromatic rings. The Bertz CT molecular complexity index is 791. The number of carbonyl (C=O) groups is 2. The molecule has 2 aliphatic rings. The molecule has 0 aromatic heterocycles. The minimum atomic E-state index is -2.46. The number of hydrogen-bond donors (Lipinski definition) is 5. The van der Waals surface area contributed by atoms with E-state index in [9.17, 15) is 24.2 Å². The zero-order chi connectivity index (χ0) is 19.9. The number of amides is 2. The molecule has 2 amide bonds. The predicted octanol–water partition coefficient (Wildman–Crippen LogP) is -0.547.